The van der Waals surface area contributed by atoms with E-state index in [0.29, 0.717) is 0 Å². The monoisotopic (exact) mass is 282 g/mol. The van der Waals surface area contributed by atoms with Gasteiger partial charge in [0, 0.05) is 0 Å². The molecule has 0 saturated carbocycles. The summed E-state index contributed by atoms with van der Waals surface area (Å²) in [6.07, 6.45) is -7.92. The van der Waals surface area contributed by atoms with Crippen molar-refractivity contribution in [2.24, 2.45) is 0 Å². The van der Waals surface area contributed by atoms with Crippen molar-refractivity contribution in [3.63, 3.8) is 0 Å². The predicted molar refractivity (Wildman–Crippen MR) is 45.9 cm³/mol. The molecule has 17 heavy (non-hydrogen) atoms. The summed E-state index contributed by atoms with van der Waals surface area (Å²) in [6, 6.07) is 0. The zero-order chi connectivity index (χ0) is 12.9. The van der Waals surface area contributed by atoms with Gasteiger partial charge in [-0.25, -0.2) is 0 Å². The van der Waals surface area contributed by atoms with Crippen molar-refractivity contribution in [3.8, 4) is 0 Å². The number of aldehydes is 1. The molecular weight excluding hydrogens is 270 g/mol. The van der Waals surface area contributed by atoms with Crippen LogP contribution in [0.3, 0.4) is 0 Å². The second-order valence-corrected chi connectivity index (χ2v) is 4.13. The van der Waals surface area contributed by atoms with Crippen LogP contribution < -0.4 is 34.5 Å². The molecule has 0 bridgehead atoms. The van der Waals surface area contributed by atoms with Crippen LogP contribution in [0.25, 0.3) is 0 Å². The van der Waals surface area contributed by atoms with Gasteiger partial charge in [-0.2, -0.15) is 0 Å². The Labute approximate surface area is 119 Å². The fourth-order valence-corrected chi connectivity index (χ4v) is 1.12. The van der Waals surface area contributed by atoms with Crippen LogP contribution in [0.2, 0.25) is 0 Å². The van der Waals surface area contributed by atoms with Gasteiger partial charge in [-0.3, -0.25) is 4.57 Å². The molecule has 0 saturated heterocycles. The van der Waals surface area contributed by atoms with Gasteiger partial charge in [0.15, 0.2) is 6.29 Å². The first-order valence-electron chi connectivity index (χ1n) is 4.05. The number of hydrogen-bond donors (Lipinski definition) is 5. The molecule has 5 N–H and O–H groups in total. The summed E-state index contributed by atoms with van der Waals surface area (Å²) in [5.74, 6) is 0. The van der Waals surface area contributed by atoms with E-state index in [9.17, 15) is 14.3 Å². The van der Waals surface area contributed by atoms with E-state index < -0.39 is 38.8 Å². The third-order valence-electron chi connectivity index (χ3n) is 1.64. The maximum atomic E-state index is 10.1. The van der Waals surface area contributed by atoms with Gasteiger partial charge in [0.1, 0.15) is 24.4 Å². The first-order chi connectivity index (χ1) is 7.19. The fourth-order valence-electron chi connectivity index (χ4n) is 0.779. The zero-order valence-corrected chi connectivity index (χ0v) is 11.8. The van der Waals surface area contributed by atoms with Crippen molar-refractivity contribution in [2.45, 2.75) is 24.4 Å². The third kappa shape index (κ3) is 8.36. The third-order valence-corrected chi connectivity index (χ3v) is 2.12. The van der Waals surface area contributed by atoms with E-state index in [0.717, 1.165) is 0 Å². The van der Waals surface area contributed by atoms with Crippen LogP contribution >= 0.6 is 7.82 Å². The Kier molecular flexibility index (Phi) is 10.2. The Morgan fingerprint density at radius 2 is 1.71 bits per heavy atom. The van der Waals surface area contributed by atoms with Crippen molar-refractivity contribution in [2.75, 3.05) is 6.61 Å². The van der Waals surface area contributed by atoms with Gasteiger partial charge < -0.3 is 39.5 Å². The van der Waals surface area contributed by atoms with Gasteiger partial charge in [-0.1, -0.05) is 0 Å². The van der Waals surface area contributed by atoms with Crippen LogP contribution in [0.15, 0.2) is 0 Å². The molecule has 0 rings (SSSR count). The maximum absolute atomic E-state index is 10.1. The molecular formula is C6H12NaO9P. The SMILES string of the molecule is O=C[C@H](O)[C@@H](O)[C@H](O)[C@H](O)COP(=O)([O-])O.[Na+]. The molecule has 0 aliphatic rings. The summed E-state index contributed by atoms with van der Waals surface area (Å²) >= 11 is 0. The van der Waals surface area contributed by atoms with E-state index in [1.165, 1.54) is 0 Å². The Morgan fingerprint density at radius 1 is 1.24 bits per heavy atom. The quantitative estimate of drug-likeness (QED) is 0.173. The van der Waals surface area contributed by atoms with Gasteiger partial charge in [-0.15, -0.1) is 0 Å². The summed E-state index contributed by atoms with van der Waals surface area (Å²) in [7, 11) is -5.05. The second kappa shape index (κ2) is 8.68. The largest absolute Gasteiger partial charge is 1.00 e. The van der Waals surface area contributed by atoms with Gasteiger partial charge in [0.05, 0.1) is 6.61 Å². The molecule has 1 unspecified atom stereocenters. The minimum Gasteiger partial charge on any atom is -0.756 e. The Morgan fingerprint density at radius 3 is 2.06 bits per heavy atom. The van der Waals surface area contributed by atoms with E-state index in [4.69, 9.17) is 25.3 Å². The topological polar surface area (TPSA) is 168 Å². The number of hydrogen-bond acceptors (Lipinski definition) is 8. The smallest absolute Gasteiger partial charge is 0.756 e. The molecule has 0 aliphatic heterocycles. The molecule has 96 valence electrons. The number of phosphoric acid groups is 1. The van der Waals surface area contributed by atoms with Crippen molar-refractivity contribution in [1.29, 1.82) is 0 Å². The molecule has 0 aromatic heterocycles. The molecule has 0 amide bonds. The fraction of sp³-hybridized carbons (Fsp3) is 0.833. The van der Waals surface area contributed by atoms with Gasteiger partial charge in [0.2, 0.25) is 0 Å². The molecule has 0 fully saturated rings. The Hall–Kier alpha value is 0.620. The Balaban J connectivity index is 0. The predicted octanol–water partition coefficient (Wildman–Crippen LogP) is -6.89. The number of aliphatic hydroxyl groups excluding tert-OH is 4. The zero-order valence-electron chi connectivity index (χ0n) is 8.91. The van der Waals surface area contributed by atoms with Crippen molar-refractivity contribution >= 4 is 14.1 Å². The van der Waals surface area contributed by atoms with E-state index in [2.05, 4.69) is 4.52 Å². The number of carbonyl (C=O) groups is 1. The van der Waals surface area contributed by atoms with E-state index in [1.807, 2.05) is 0 Å². The average Bonchev–Trinajstić information content (AvgIpc) is 2.21. The van der Waals surface area contributed by atoms with Crippen molar-refractivity contribution < 1.29 is 73.7 Å². The molecule has 0 aromatic carbocycles. The van der Waals surface area contributed by atoms with Crippen LogP contribution in [-0.4, -0.2) is 62.6 Å². The molecule has 0 radical (unpaired) electrons. The van der Waals surface area contributed by atoms with Gasteiger partial charge in [0.25, 0.3) is 7.82 Å². The minimum absolute atomic E-state index is 0. The normalized spacial score (nSPS) is 21.5. The van der Waals surface area contributed by atoms with E-state index in [1.54, 1.807) is 0 Å². The summed E-state index contributed by atoms with van der Waals surface area (Å²) < 4.78 is 13.9. The average molecular weight is 282 g/mol. The number of carbonyl (C=O) groups excluding carboxylic acids is 1. The summed E-state index contributed by atoms with van der Waals surface area (Å²) in [5, 5.41) is 36.0. The van der Waals surface area contributed by atoms with Gasteiger partial charge in [-0.05, 0) is 0 Å². The molecule has 11 heteroatoms. The van der Waals surface area contributed by atoms with Crippen molar-refractivity contribution in [1.82, 2.24) is 0 Å². The van der Waals surface area contributed by atoms with Crippen LogP contribution in [0.1, 0.15) is 0 Å². The van der Waals surface area contributed by atoms with Crippen LogP contribution in [-0.2, 0) is 13.9 Å². The maximum Gasteiger partial charge on any atom is 1.00 e. The summed E-state index contributed by atoms with van der Waals surface area (Å²) in [4.78, 5) is 28.3. The van der Waals surface area contributed by atoms with Crippen LogP contribution in [0.4, 0.5) is 0 Å². The molecule has 5 atom stereocenters. The molecule has 0 aromatic rings. The van der Waals surface area contributed by atoms with Crippen molar-refractivity contribution in [3.05, 3.63) is 0 Å². The first kappa shape index (κ1) is 19.9. The second-order valence-electron chi connectivity index (χ2n) is 2.94. The summed E-state index contributed by atoms with van der Waals surface area (Å²) in [5.41, 5.74) is 0. The molecule has 0 heterocycles. The number of phosphoric ester groups is 1. The minimum atomic E-state index is -5.05. The number of rotatable bonds is 7. The molecule has 9 nitrogen and oxygen atoms in total. The number of aliphatic hydroxyl groups is 4. The van der Waals surface area contributed by atoms with Crippen LogP contribution in [0, 0.1) is 0 Å². The summed E-state index contributed by atoms with van der Waals surface area (Å²) in [6.45, 7) is -1.03. The van der Waals surface area contributed by atoms with E-state index in [-0.39, 0.29) is 35.8 Å². The van der Waals surface area contributed by atoms with E-state index >= 15 is 0 Å². The Bertz CT molecular complexity index is 268. The van der Waals surface area contributed by atoms with Gasteiger partial charge >= 0.3 is 29.6 Å². The molecule has 0 aliphatic carbocycles. The first-order valence-corrected chi connectivity index (χ1v) is 5.54. The van der Waals surface area contributed by atoms with Crippen LogP contribution in [0.5, 0.6) is 0 Å². The standard InChI is InChI=1S/C6H13O9P.Na/c7-1-3(8)5(10)6(11)4(9)2-15-16(12,13)14;/h1,3-6,8-11H,2H2,(H2,12,13,14);/q;+1/p-1/t3-,4+,5+,6+;/m0./s1. The molecule has 0 spiro atoms.